The number of carbonyl (C=O) groups is 2. The molecular weight excluding hydrogens is 376 g/mol. The second-order valence-corrected chi connectivity index (χ2v) is 6.73. The molecule has 0 bridgehead atoms. The largest absolute Gasteiger partial charge is 0.496 e. The summed E-state index contributed by atoms with van der Waals surface area (Å²) in [5, 5.41) is 11.6. The standard InChI is InChI=1S/C22H26O7/c1-12(2)7-8-16(25)15-11-19(28-13(3)23)20-17(26-5)9-10-18(27-6)21(20)22(15)29-14(4)24/h7,9-11,16,25H,8H2,1-6H3/t16-/m0/s1. The van der Waals surface area contributed by atoms with Crippen LogP contribution in [0.15, 0.2) is 29.8 Å². The Morgan fingerprint density at radius 2 is 1.48 bits per heavy atom. The molecule has 0 aliphatic rings. The SMILES string of the molecule is COc1ccc(OC)c2c(OC(C)=O)c([C@@H](O)CC=C(C)C)cc(OC(C)=O)c12. The van der Waals surface area contributed by atoms with Crippen LogP contribution in [0, 0.1) is 0 Å². The van der Waals surface area contributed by atoms with Crippen LogP contribution in [0.5, 0.6) is 23.0 Å². The molecule has 0 spiro atoms. The lowest BCUT2D eigenvalue weighted by Gasteiger charge is -2.21. The fraction of sp³-hybridized carbons (Fsp3) is 0.364. The van der Waals surface area contributed by atoms with Crippen molar-refractivity contribution in [1.82, 2.24) is 0 Å². The Bertz CT molecular complexity index is 956. The number of allylic oxidation sites excluding steroid dienone is 1. The predicted octanol–water partition coefficient (Wildman–Crippen LogP) is 4.10. The van der Waals surface area contributed by atoms with Crippen LogP contribution in [0.25, 0.3) is 10.8 Å². The number of rotatable bonds is 7. The topological polar surface area (TPSA) is 91.3 Å². The van der Waals surface area contributed by atoms with Gasteiger partial charge in [-0.1, -0.05) is 11.6 Å². The normalized spacial score (nSPS) is 11.6. The zero-order chi connectivity index (χ0) is 21.7. The minimum atomic E-state index is -1.01. The number of esters is 2. The van der Waals surface area contributed by atoms with Crippen LogP contribution in [0.3, 0.4) is 0 Å². The average molecular weight is 402 g/mol. The minimum absolute atomic E-state index is 0.133. The zero-order valence-electron chi connectivity index (χ0n) is 17.5. The molecule has 2 rings (SSSR count). The van der Waals surface area contributed by atoms with Crippen LogP contribution in [0.4, 0.5) is 0 Å². The molecule has 0 fully saturated rings. The van der Waals surface area contributed by atoms with Crippen molar-refractivity contribution in [2.75, 3.05) is 14.2 Å². The molecule has 0 amide bonds. The molecule has 1 N–H and O–H groups in total. The smallest absolute Gasteiger partial charge is 0.308 e. The number of carbonyl (C=O) groups excluding carboxylic acids is 2. The molecule has 0 aliphatic heterocycles. The van der Waals surface area contributed by atoms with Gasteiger partial charge >= 0.3 is 11.9 Å². The van der Waals surface area contributed by atoms with Crippen LogP contribution >= 0.6 is 0 Å². The highest BCUT2D eigenvalue weighted by atomic mass is 16.5. The number of fused-ring (bicyclic) bond motifs is 1. The third kappa shape index (κ3) is 5.06. The predicted molar refractivity (Wildman–Crippen MR) is 109 cm³/mol. The summed E-state index contributed by atoms with van der Waals surface area (Å²) in [6, 6.07) is 4.80. The first-order valence-electron chi connectivity index (χ1n) is 9.09. The molecular formula is C22H26O7. The highest BCUT2D eigenvalue weighted by Gasteiger charge is 2.26. The van der Waals surface area contributed by atoms with E-state index in [2.05, 4.69) is 0 Å². The summed E-state index contributed by atoms with van der Waals surface area (Å²) in [7, 11) is 2.94. The maximum Gasteiger partial charge on any atom is 0.308 e. The molecule has 7 nitrogen and oxygen atoms in total. The van der Waals surface area contributed by atoms with Crippen molar-refractivity contribution < 1.29 is 33.6 Å². The Morgan fingerprint density at radius 3 is 1.97 bits per heavy atom. The van der Waals surface area contributed by atoms with Crippen molar-refractivity contribution in [3.05, 3.63) is 35.4 Å². The van der Waals surface area contributed by atoms with Gasteiger partial charge in [0.15, 0.2) is 0 Å². The summed E-state index contributed by atoms with van der Waals surface area (Å²) in [4.78, 5) is 23.6. The fourth-order valence-corrected chi connectivity index (χ4v) is 3.01. The van der Waals surface area contributed by atoms with E-state index in [4.69, 9.17) is 18.9 Å². The number of hydrogen-bond acceptors (Lipinski definition) is 7. The quantitative estimate of drug-likeness (QED) is 0.423. The number of methoxy groups -OCH3 is 2. The van der Waals surface area contributed by atoms with E-state index in [1.165, 1.54) is 34.1 Å². The molecule has 2 aromatic carbocycles. The van der Waals surface area contributed by atoms with Gasteiger partial charge in [0.2, 0.25) is 0 Å². The van der Waals surface area contributed by atoms with Gasteiger partial charge in [0, 0.05) is 19.4 Å². The summed E-state index contributed by atoms with van der Waals surface area (Å²) >= 11 is 0. The molecule has 2 aromatic rings. The molecule has 29 heavy (non-hydrogen) atoms. The van der Waals surface area contributed by atoms with Gasteiger partial charge in [-0.3, -0.25) is 9.59 Å². The third-order valence-corrected chi connectivity index (χ3v) is 4.20. The average Bonchev–Trinajstić information content (AvgIpc) is 2.65. The Labute approximate surface area is 169 Å². The zero-order valence-corrected chi connectivity index (χ0v) is 17.5. The van der Waals surface area contributed by atoms with Crippen LogP contribution in [0.2, 0.25) is 0 Å². The van der Waals surface area contributed by atoms with Crippen LogP contribution < -0.4 is 18.9 Å². The maximum atomic E-state index is 11.8. The van der Waals surface area contributed by atoms with Gasteiger partial charge in [-0.15, -0.1) is 0 Å². The first-order chi connectivity index (χ1) is 13.7. The van der Waals surface area contributed by atoms with Crippen LogP contribution in [-0.2, 0) is 9.59 Å². The van der Waals surface area contributed by atoms with Crippen molar-refractivity contribution in [2.24, 2.45) is 0 Å². The van der Waals surface area contributed by atoms with Gasteiger partial charge in [-0.2, -0.15) is 0 Å². The molecule has 0 aromatic heterocycles. The summed E-state index contributed by atoms with van der Waals surface area (Å²) < 4.78 is 21.8. The van der Waals surface area contributed by atoms with E-state index in [0.717, 1.165) is 5.57 Å². The van der Waals surface area contributed by atoms with E-state index in [1.807, 2.05) is 19.9 Å². The van der Waals surface area contributed by atoms with Gasteiger partial charge in [0.1, 0.15) is 23.0 Å². The number of hydrogen-bond donors (Lipinski definition) is 1. The molecule has 0 heterocycles. The Balaban J connectivity index is 2.95. The van der Waals surface area contributed by atoms with Crippen molar-refractivity contribution in [1.29, 1.82) is 0 Å². The Morgan fingerprint density at radius 1 is 0.931 bits per heavy atom. The second kappa shape index (κ2) is 9.43. The van der Waals surface area contributed by atoms with E-state index in [-0.39, 0.29) is 17.9 Å². The van der Waals surface area contributed by atoms with Crippen molar-refractivity contribution in [3.63, 3.8) is 0 Å². The number of aliphatic hydroxyl groups excluding tert-OH is 1. The van der Waals surface area contributed by atoms with E-state index in [0.29, 0.717) is 27.8 Å². The molecule has 7 heteroatoms. The number of ether oxygens (including phenoxy) is 4. The van der Waals surface area contributed by atoms with Gasteiger partial charge in [-0.25, -0.2) is 0 Å². The molecule has 0 saturated carbocycles. The summed E-state index contributed by atoms with van der Waals surface area (Å²) in [5.41, 5.74) is 1.33. The van der Waals surface area contributed by atoms with Crippen molar-refractivity contribution >= 4 is 22.7 Å². The lowest BCUT2D eigenvalue weighted by Crippen LogP contribution is -2.10. The van der Waals surface area contributed by atoms with E-state index in [1.54, 1.807) is 12.1 Å². The van der Waals surface area contributed by atoms with Gasteiger partial charge in [-0.05, 0) is 38.5 Å². The molecule has 0 unspecified atom stereocenters. The van der Waals surface area contributed by atoms with Crippen LogP contribution in [-0.4, -0.2) is 31.3 Å². The summed E-state index contributed by atoms with van der Waals surface area (Å²) in [6.45, 7) is 6.37. The molecule has 1 atom stereocenters. The Kier molecular flexibility index (Phi) is 7.23. The monoisotopic (exact) mass is 402 g/mol. The summed E-state index contributed by atoms with van der Waals surface area (Å²) in [5.74, 6) is -0.0232. The first kappa shape index (κ1) is 22.2. The third-order valence-electron chi connectivity index (χ3n) is 4.20. The maximum absolute atomic E-state index is 11.8. The number of benzene rings is 2. The van der Waals surface area contributed by atoms with E-state index in [9.17, 15) is 14.7 Å². The highest BCUT2D eigenvalue weighted by molar-refractivity contribution is 6.04. The van der Waals surface area contributed by atoms with Crippen molar-refractivity contribution in [3.8, 4) is 23.0 Å². The molecule has 0 aliphatic carbocycles. The summed E-state index contributed by atoms with van der Waals surface area (Å²) in [6.07, 6.45) is 1.14. The van der Waals surface area contributed by atoms with Gasteiger partial charge < -0.3 is 24.1 Å². The lowest BCUT2D eigenvalue weighted by molar-refractivity contribution is -0.133. The first-order valence-corrected chi connectivity index (χ1v) is 9.09. The highest BCUT2D eigenvalue weighted by Crippen LogP contribution is 2.48. The van der Waals surface area contributed by atoms with Crippen molar-refractivity contribution in [2.45, 2.75) is 40.2 Å². The van der Waals surface area contributed by atoms with E-state index < -0.39 is 18.0 Å². The second-order valence-electron chi connectivity index (χ2n) is 6.73. The van der Waals surface area contributed by atoms with Gasteiger partial charge in [0.25, 0.3) is 0 Å². The molecule has 156 valence electrons. The lowest BCUT2D eigenvalue weighted by atomic mass is 9.97. The fourth-order valence-electron chi connectivity index (χ4n) is 3.01. The van der Waals surface area contributed by atoms with Crippen LogP contribution in [0.1, 0.15) is 45.8 Å². The van der Waals surface area contributed by atoms with E-state index >= 15 is 0 Å². The molecule has 0 radical (unpaired) electrons. The Hall–Kier alpha value is -3.06. The number of aliphatic hydroxyl groups is 1. The minimum Gasteiger partial charge on any atom is -0.496 e. The molecule has 0 saturated heterocycles. The van der Waals surface area contributed by atoms with Gasteiger partial charge in [0.05, 0.1) is 31.1 Å².